The van der Waals surface area contributed by atoms with Crippen LogP contribution in [0.2, 0.25) is 0 Å². The van der Waals surface area contributed by atoms with Gasteiger partial charge in [0.2, 0.25) is 0 Å². The van der Waals surface area contributed by atoms with Gasteiger partial charge in [-0.3, -0.25) is 4.79 Å². The van der Waals surface area contributed by atoms with E-state index < -0.39 is 0 Å². The minimum atomic E-state index is -0.202. The van der Waals surface area contributed by atoms with Crippen LogP contribution in [0.5, 0.6) is 5.75 Å². The van der Waals surface area contributed by atoms with Crippen LogP contribution in [0.15, 0.2) is 60.7 Å². The van der Waals surface area contributed by atoms with E-state index in [1.807, 2.05) is 43.3 Å². The van der Waals surface area contributed by atoms with Crippen molar-refractivity contribution in [3.8, 4) is 5.75 Å². The second-order valence-electron chi connectivity index (χ2n) is 4.17. The van der Waals surface area contributed by atoms with Crippen LogP contribution in [0.25, 0.3) is 0 Å². The summed E-state index contributed by atoms with van der Waals surface area (Å²) in [7, 11) is 0. The topological polar surface area (TPSA) is 26.3 Å². The fourth-order valence-electron chi connectivity index (χ4n) is 1.55. The second-order valence-corrected chi connectivity index (χ2v) is 5.50. The fraction of sp³-hybridized carbons (Fsp3) is 0.188. The molecule has 98 valence electrons. The first-order valence-corrected chi connectivity index (χ1v) is 7.23. The fourth-order valence-corrected chi connectivity index (χ4v) is 2.37. The Kier molecular flexibility index (Phi) is 5.04. The molecule has 0 aliphatic rings. The lowest BCUT2D eigenvalue weighted by Crippen LogP contribution is -2.20. The summed E-state index contributed by atoms with van der Waals surface area (Å²) in [5, 5.41) is -0.180. The summed E-state index contributed by atoms with van der Waals surface area (Å²) in [6.07, 6.45) is 0. The molecule has 1 unspecified atom stereocenters. The van der Waals surface area contributed by atoms with Crippen LogP contribution >= 0.6 is 11.8 Å². The third-order valence-corrected chi connectivity index (χ3v) is 3.83. The predicted molar refractivity (Wildman–Crippen MR) is 79.3 cm³/mol. The Hall–Kier alpha value is -1.74. The van der Waals surface area contributed by atoms with Crippen LogP contribution in [0.3, 0.4) is 0 Å². The third-order valence-electron chi connectivity index (χ3n) is 2.64. The van der Waals surface area contributed by atoms with E-state index in [0.29, 0.717) is 5.75 Å². The zero-order valence-corrected chi connectivity index (χ0v) is 11.6. The molecule has 0 saturated carbocycles. The van der Waals surface area contributed by atoms with E-state index in [-0.39, 0.29) is 11.2 Å². The van der Waals surface area contributed by atoms with Crippen molar-refractivity contribution in [1.29, 1.82) is 0 Å². The van der Waals surface area contributed by atoms with Crippen molar-refractivity contribution in [2.75, 3.05) is 0 Å². The normalized spacial score (nSPS) is 11.8. The van der Waals surface area contributed by atoms with Crippen LogP contribution < -0.4 is 4.74 Å². The van der Waals surface area contributed by atoms with Gasteiger partial charge in [-0.05, 0) is 24.6 Å². The van der Waals surface area contributed by atoms with E-state index in [2.05, 4.69) is 12.1 Å². The molecule has 0 radical (unpaired) electrons. The van der Waals surface area contributed by atoms with Crippen molar-refractivity contribution in [3.05, 3.63) is 66.2 Å². The maximum Gasteiger partial charge on any atom is 0.324 e. The van der Waals surface area contributed by atoms with Crippen molar-refractivity contribution >= 4 is 17.7 Å². The van der Waals surface area contributed by atoms with Gasteiger partial charge >= 0.3 is 5.97 Å². The molecule has 1 atom stereocenters. The summed E-state index contributed by atoms with van der Waals surface area (Å²) in [5.74, 6) is 1.21. The summed E-state index contributed by atoms with van der Waals surface area (Å²) in [6, 6.07) is 19.3. The van der Waals surface area contributed by atoms with Crippen molar-refractivity contribution in [3.63, 3.8) is 0 Å². The zero-order valence-electron chi connectivity index (χ0n) is 10.8. The first kappa shape index (κ1) is 13.7. The maximum absolute atomic E-state index is 11.9. The first-order valence-electron chi connectivity index (χ1n) is 6.18. The molecule has 0 saturated heterocycles. The van der Waals surface area contributed by atoms with E-state index in [1.54, 1.807) is 23.9 Å². The lowest BCUT2D eigenvalue weighted by atomic mass is 10.2. The molecule has 19 heavy (non-hydrogen) atoms. The summed E-state index contributed by atoms with van der Waals surface area (Å²) in [5.41, 5.74) is 1.21. The van der Waals surface area contributed by atoms with Gasteiger partial charge in [0, 0.05) is 5.75 Å². The van der Waals surface area contributed by atoms with Gasteiger partial charge in [-0.2, -0.15) is 0 Å². The molecule has 2 aromatic carbocycles. The second kappa shape index (κ2) is 7.00. The quantitative estimate of drug-likeness (QED) is 0.609. The smallest absolute Gasteiger partial charge is 0.324 e. The number of carbonyl (C=O) groups is 1. The Bertz CT molecular complexity index is 511. The lowest BCUT2D eigenvalue weighted by Gasteiger charge is -2.10. The average molecular weight is 272 g/mol. The molecule has 2 nitrogen and oxygen atoms in total. The van der Waals surface area contributed by atoms with Crippen LogP contribution in [0, 0.1) is 0 Å². The molecule has 2 rings (SSSR count). The highest BCUT2D eigenvalue weighted by Crippen LogP contribution is 2.19. The molecule has 0 fully saturated rings. The Morgan fingerprint density at radius 3 is 2.26 bits per heavy atom. The van der Waals surface area contributed by atoms with E-state index in [1.165, 1.54) is 5.56 Å². The SMILES string of the molecule is CC(SCc1ccccc1)C(=O)Oc1ccccc1. The number of hydrogen-bond donors (Lipinski definition) is 0. The number of hydrogen-bond acceptors (Lipinski definition) is 3. The van der Waals surface area contributed by atoms with Crippen LogP contribution in [-0.2, 0) is 10.5 Å². The molecular weight excluding hydrogens is 256 g/mol. The van der Waals surface area contributed by atoms with E-state index in [4.69, 9.17) is 4.74 Å². The van der Waals surface area contributed by atoms with Crippen molar-refractivity contribution in [2.45, 2.75) is 17.9 Å². The summed E-state index contributed by atoms with van der Waals surface area (Å²) < 4.78 is 5.30. The minimum absolute atomic E-state index is 0.180. The van der Waals surface area contributed by atoms with E-state index in [0.717, 1.165) is 5.75 Å². The Morgan fingerprint density at radius 1 is 1.05 bits per heavy atom. The highest BCUT2D eigenvalue weighted by Gasteiger charge is 2.15. The third kappa shape index (κ3) is 4.45. The number of ether oxygens (including phenoxy) is 1. The van der Waals surface area contributed by atoms with E-state index in [9.17, 15) is 4.79 Å². The number of benzene rings is 2. The van der Waals surface area contributed by atoms with Crippen LogP contribution in [0.4, 0.5) is 0 Å². The largest absolute Gasteiger partial charge is 0.426 e. The zero-order chi connectivity index (χ0) is 13.5. The number of thioether (sulfide) groups is 1. The molecule has 0 aliphatic heterocycles. The standard InChI is InChI=1S/C16H16O2S/c1-13(19-12-14-8-4-2-5-9-14)16(17)18-15-10-6-3-7-11-15/h2-11,13H,12H2,1H3. The van der Waals surface area contributed by atoms with Gasteiger partial charge in [0.05, 0.1) is 0 Å². The molecule has 3 heteroatoms. The van der Waals surface area contributed by atoms with Gasteiger partial charge in [0.25, 0.3) is 0 Å². The summed E-state index contributed by atoms with van der Waals surface area (Å²) in [4.78, 5) is 11.9. The molecule has 0 spiro atoms. The summed E-state index contributed by atoms with van der Waals surface area (Å²) in [6.45, 7) is 1.87. The Morgan fingerprint density at radius 2 is 1.63 bits per heavy atom. The molecule has 0 aromatic heterocycles. The number of rotatable bonds is 5. The van der Waals surface area contributed by atoms with Gasteiger partial charge < -0.3 is 4.74 Å². The van der Waals surface area contributed by atoms with Gasteiger partial charge in [-0.25, -0.2) is 0 Å². The lowest BCUT2D eigenvalue weighted by molar-refractivity contribution is -0.133. The minimum Gasteiger partial charge on any atom is -0.426 e. The van der Waals surface area contributed by atoms with Crippen molar-refractivity contribution in [1.82, 2.24) is 0 Å². The van der Waals surface area contributed by atoms with Crippen LogP contribution in [0.1, 0.15) is 12.5 Å². The van der Waals surface area contributed by atoms with Gasteiger partial charge in [0.1, 0.15) is 11.0 Å². The van der Waals surface area contributed by atoms with Crippen molar-refractivity contribution in [2.24, 2.45) is 0 Å². The van der Waals surface area contributed by atoms with Crippen LogP contribution in [-0.4, -0.2) is 11.2 Å². The van der Waals surface area contributed by atoms with Gasteiger partial charge in [0.15, 0.2) is 0 Å². The molecule has 0 heterocycles. The van der Waals surface area contributed by atoms with Crippen molar-refractivity contribution < 1.29 is 9.53 Å². The Balaban J connectivity index is 1.83. The first-order chi connectivity index (χ1) is 9.25. The predicted octanol–water partition coefficient (Wildman–Crippen LogP) is 3.91. The Labute approximate surface area is 117 Å². The molecule has 0 amide bonds. The van der Waals surface area contributed by atoms with Gasteiger partial charge in [-0.1, -0.05) is 48.5 Å². The maximum atomic E-state index is 11.9. The number of esters is 1. The van der Waals surface area contributed by atoms with Gasteiger partial charge in [-0.15, -0.1) is 11.8 Å². The average Bonchev–Trinajstić information content (AvgIpc) is 2.47. The highest BCUT2D eigenvalue weighted by atomic mass is 32.2. The number of para-hydroxylation sites is 1. The van der Waals surface area contributed by atoms with E-state index >= 15 is 0 Å². The number of carbonyl (C=O) groups excluding carboxylic acids is 1. The summed E-state index contributed by atoms with van der Waals surface area (Å²) >= 11 is 1.58. The highest BCUT2D eigenvalue weighted by molar-refractivity contribution is 7.99. The molecular formula is C16H16O2S. The molecule has 0 N–H and O–H groups in total. The molecule has 2 aromatic rings. The molecule has 0 bridgehead atoms. The monoisotopic (exact) mass is 272 g/mol. The molecule has 0 aliphatic carbocycles.